The van der Waals surface area contributed by atoms with Crippen molar-refractivity contribution in [2.24, 2.45) is 0 Å². The fourth-order valence-electron chi connectivity index (χ4n) is 3.17. The van der Waals surface area contributed by atoms with Crippen LogP contribution in [-0.4, -0.2) is 6.19 Å². The van der Waals surface area contributed by atoms with E-state index in [0.29, 0.717) is 0 Å². The van der Waals surface area contributed by atoms with Crippen molar-refractivity contribution in [2.45, 2.75) is 16.9 Å². The molecule has 1 aliphatic rings. The van der Waals surface area contributed by atoms with Crippen LogP contribution in [-0.2, 0) is 15.3 Å². The molecule has 0 unspecified atom stereocenters. The van der Waals surface area contributed by atoms with Crippen LogP contribution in [0, 0.1) is 0 Å². The Morgan fingerprint density at radius 2 is 1.26 bits per heavy atom. The molecule has 23 heavy (non-hydrogen) atoms. The molecule has 0 amide bonds. The second kappa shape index (κ2) is 9.33. The van der Waals surface area contributed by atoms with Crippen LogP contribution in [0.2, 0.25) is 10.5 Å². The summed E-state index contributed by atoms with van der Waals surface area (Å²) in [5.41, 5.74) is 0. The van der Waals surface area contributed by atoms with Crippen LogP contribution in [0.25, 0.3) is 0 Å². The first-order chi connectivity index (χ1) is 10.2. The first-order valence-electron chi connectivity index (χ1n) is 7.54. The van der Waals surface area contributed by atoms with E-state index in [1.807, 2.05) is 0 Å². The summed E-state index contributed by atoms with van der Waals surface area (Å²) >= 11 is -2.07. The fraction of sp³-hybridized carbons (Fsp3) is 0.158. The fourth-order valence-corrected chi connectivity index (χ4v) is 18.7. The SMILES string of the molecule is Br.Br.[CH3][Ti]([CH3])([C]1=CC=CC1)=[Si](c1ccccc1)c1ccccc1. The van der Waals surface area contributed by atoms with Gasteiger partial charge in [-0.3, -0.25) is 0 Å². The predicted octanol–water partition coefficient (Wildman–Crippen LogP) is 5.04. The van der Waals surface area contributed by atoms with Gasteiger partial charge < -0.3 is 0 Å². The van der Waals surface area contributed by atoms with Crippen molar-refractivity contribution in [1.29, 1.82) is 0 Å². The number of rotatable bonds is 3. The van der Waals surface area contributed by atoms with Crippen LogP contribution >= 0.6 is 34.0 Å². The van der Waals surface area contributed by atoms with Gasteiger partial charge in [0, 0.05) is 0 Å². The van der Waals surface area contributed by atoms with Crippen molar-refractivity contribution < 1.29 is 15.3 Å². The number of halogens is 2. The molecule has 121 valence electrons. The maximum absolute atomic E-state index is 2.60. The summed E-state index contributed by atoms with van der Waals surface area (Å²) in [6.45, 7) is 0. The Bertz CT molecular complexity index is 702. The van der Waals surface area contributed by atoms with Crippen molar-refractivity contribution in [3.63, 3.8) is 0 Å². The van der Waals surface area contributed by atoms with E-state index in [2.05, 4.69) is 89.3 Å². The Labute approximate surface area is 164 Å². The van der Waals surface area contributed by atoms with Crippen molar-refractivity contribution in [3.05, 3.63) is 82.8 Å². The van der Waals surface area contributed by atoms with Gasteiger partial charge in [0.2, 0.25) is 0 Å². The Morgan fingerprint density at radius 3 is 1.65 bits per heavy atom. The minimum absolute atomic E-state index is 0. The molecule has 2 aromatic carbocycles. The molecule has 0 aromatic heterocycles. The molecular formula is C19H23Br2SiTi. The number of allylic oxidation sites excluding steroid dienone is 4. The molecule has 0 bridgehead atoms. The third-order valence-electron chi connectivity index (χ3n) is 4.32. The molecule has 0 saturated carbocycles. The Balaban J connectivity index is 0.00000132. The number of hydrogen-bond acceptors (Lipinski definition) is 0. The van der Waals surface area contributed by atoms with E-state index in [1.165, 1.54) is 6.42 Å². The average molecular weight is 487 g/mol. The van der Waals surface area contributed by atoms with E-state index < -0.39 is 21.5 Å². The molecular weight excluding hydrogens is 464 g/mol. The van der Waals surface area contributed by atoms with Gasteiger partial charge in [-0.05, 0) is 0 Å². The molecule has 0 atom stereocenters. The van der Waals surface area contributed by atoms with Crippen molar-refractivity contribution in [1.82, 2.24) is 0 Å². The van der Waals surface area contributed by atoms with Gasteiger partial charge in [0.25, 0.3) is 0 Å². The van der Waals surface area contributed by atoms with E-state index in [-0.39, 0.29) is 34.0 Å². The Kier molecular flexibility index (Phi) is 8.46. The monoisotopic (exact) mass is 485 g/mol. The molecule has 2 aromatic rings. The van der Waals surface area contributed by atoms with Crippen LogP contribution < -0.4 is 10.4 Å². The molecule has 0 N–H and O–H groups in total. The first-order valence-corrected chi connectivity index (χ1v) is 15.3. The zero-order chi connectivity index (χ0) is 14.7. The Hall–Kier alpha value is -0.189. The summed E-state index contributed by atoms with van der Waals surface area (Å²) in [5.74, 6) is 0. The van der Waals surface area contributed by atoms with Crippen LogP contribution in [0.3, 0.4) is 0 Å². The van der Waals surface area contributed by atoms with E-state index in [0.717, 1.165) is 0 Å². The molecule has 4 heteroatoms. The van der Waals surface area contributed by atoms with Crippen LogP contribution in [0.1, 0.15) is 6.42 Å². The molecule has 0 aliphatic heterocycles. The van der Waals surface area contributed by atoms with E-state index >= 15 is 0 Å². The summed E-state index contributed by atoms with van der Waals surface area (Å²) in [5, 5.41) is 8.36. The minimum atomic E-state index is -2.07. The van der Waals surface area contributed by atoms with Crippen LogP contribution in [0.5, 0.6) is 0 Å². The van der Waals surface area contributed by atoms with Gasteiger partial charge in [-0.1, -0.05) is 0 Å². The number of hydrogen-bond donors (Lipinski definition) is 0. The first kappa shape index (κ1) is 20.9. The van der Waals surface area contributed by atoms with Gasteiger partial charge in [-0.25, -0.2) is 0 Å². The van der Waals surface area contributed by atoms with E-state index in [1.54, 1.807) is 14.3 Å². The third-order valence-corrected chi connectivity index (χ3v) is 20.4. The van der Waals surface area contributed by atoms with Gasteiger partial charge in [0.1, 0.15) is 0 Å². The van der Waals surface area contributed by atoms with Gasteiger partial charge in [-0.15, -0.1) is 34.0 Å². The summed E-state index contributed by atoms with van der Waals surface area (Å²) in [7, 11) is 0. The van der Waals surface area contributed by atoms with E-state index in [4.69, 9.17) is 0 Å². The zero-order valence-electron chi connectivity index (χ0n) is 13.5. The van der Waals surface area contributed by atoms with Crippen molar-refractivity contribution in [2.75, 3.05) is 0 Å². The number of benzene rings is 2. The standard InChI is InChI=1S/C12H10Si.C5H5.2CH3.2BrH.Ti/c1-3-7-11(8-4-1)13-12-9-5-2-6-10-12;1-2-4-5-3-1;;;;;/h1-10H;1-3H,4H2;2*1H3;2*1H;. The normalized spacial score (nSPS) is 12.9. The molecule has 0 saturated heterocycles. The molecule has 0 fully saturated rings. The van der Waals surface area contributed by atoms with Gasteiger partial charge in [-0.2, -0.15) is 0 Å². The van der Waals surface area contributed by atoms with E-state index in [9.17, 15) is 0 Å². The molecule has 1 aliphatic carbocycles. The summed E-state index contributed by atoms with van der Waals surface area (Å²) in [6.07, 6.45) is 7.47. The van der Waals surface area contributed by atoms with Crippen LogP contribution in [0.4, 0.5) is 0 Å². The summed E-state index contributed by atoms with van der Waals surface area (Å²) in [4.78, 5) is 0. The quantitative estimate of drug-likeness (QED) is 0.533. The van der Waals surface area contributed by atoms with Gasteiger partial charge >= 0.3 is 132 Å². The van der Waals surface area contributed by atoms with Gasteiger partial charge in [0.05, 0.1) is 0 Å². The van der Waals surface area contributed by atoms with Crippen molar-refractivity contribution >= 4 is 50.5 Å². The molecule has 0 heterocycles. The third kappa shape index (κ3) is 4.67. The maximum atomic E-state index is 2.60. The molecule has 0 spiro atoms. The molecule has 0 nitrogen and oxygen atoms in total. The van der Waals surface area contributed by atoms with Crippen molar-refractivity contribution in [3.8, 4) is 0 Å². The predicted molar refractivity (Wildman–Crippen MR) is 112 cm³/mol. The van der Waals surface area contributed by atoms with Crippen LogP contribution in [0.15, 0.2) is 82.8 Å². The second-order valence-corrected chi connectivity index (χ2v) is 21.5. The van der Waals surface area contributed by atoms with Gasteiger partial charge in [0.15, 0.2) is 0 Å². The average Bonchev–Trinajstić information content (AvgIpc) is 3.04. The molecule has 0 radical (unpaired) electrons. The zero-order valence-corrected chi connectivity index (χ0v) is 19.5. The summed E-state index contributed by atoms with van der Waals surface area (Å²) in [6, 6.07) is 22.4. The molecule has 3 rings (SSSR count). The topological polar surface area (TPSA) is 0 Å². The second-order valence-electron chi connectivity index (χ2n) is 6.06. The summed E-state index contributed by atoms with van der Waals surface area (Å²) < 4.78 is 1.75. The Morgan fingerprint density at radius 1 is 0.783 bits per heavy atom.